The van der Waals surface area contributed by atoms with E-state index in [-0.39, 0.29) is 12.1 Å². The fourth-order valence-electron chi connectivity index (χ4n) is 2.17. The Morgan fingerprint density at radius 3 is 3.09 bits per heavy atom. The first-order valence-electron chi connectivity index (χ1n) is 6.69. The molecule has 0 unspecified atom stereocenters. The van der Waals surface area contributed by atoms with Gasteiger partial charge in [-0.25, -0.2) is 4.98 Å². The molecule has 0 atom stereocenters. The molecule has 0 aliphatic rings. The van der Waals surface area contributed by atoms with Crippen LogP contribution in [0, 0.1) is 0 Å². The highest BCUT2D eigenvalue weighted by Crippen LogP contribution is 2.18. The van der Waals surface area contributed by atoms with E-state index in [0.717, 1.165) is 5.56 Å². The largest absolute Gasteiger partial charge is 0.308 e. The fourth-order valence-corrected chi connectivity index (χ4v) is 3.15. The second-order valence-corrected chi connectivity index (χ2v) is 6.14. The first kappa shape index (κ1) is 14.0. The molecular weight excluding hydrogens is 336 g/mol. The van der Waals surface area contributed by atoms with Crippen LogP contribution in [0.2, 0.25) is 5.02 Å². The van der Waals surface area contributed by atoms with Gasteiger partial charge in [-0.05, 0) is 28.8 Å². The minimum Gasteiger partial charge on any atom is -0.308 e. The lowest BCUT2D eigenvalue weighted by atomic mass is 10.2. The molecule has 0 aliphatic heterocycles. The third-order valence-corrected chi connectivity index (χ3v) is 4.25. The SMILES string of the molecule is O=c1[nH]c(Cn2nnc(-c3cccc(Cl)c3)n2)nc2sccc12. The molecule has 0 saturated heterocycles. The average molecular weight is 345 g/mol. The van der Waals surface area contributed by atoms with Crippen LogP contribution in [0.3, 0.4) is 0 Å². The maximum atomic E-state index is 11.9. The third-order valence-electron chi connectivity index (χ3n) is 3.21. The van der Waals surface area contributed by atoms with Crippen molar-refractivity contribution in [2.75, 3.05) is 0 Å². The number of hydrogen-bond donors (Lipinski definition) is 1. The van der Waals surface area contributed by atoms with Gasteiger partial charge in [0.25, 0.3) is 5.56 Å². The van der Waals surface area contributed by atoms with E-state index >= 15 is 0 Å². The monoisotopic (exact) mass is 344 g/mol. The number of rotatable bonds is 3. The van der Waals surface area contributed by atoms with Gasteiger partial charge in [0.2, 0.25) is 5.82 Å². The summed E-state index contributed by atoms with van der Waals surface area (Å²) in [5.74, 6) is 0.951. The van der Waals surface area contributed by atoms with Gasteiger partial charge in [-0.1, -0.05) is 23.7 Å². The van der Waals surface area contributed by atoms with E-state index in [9.17, 15) is 4.79 Å². The van der Waals surface area contributed by atoms with Gasteiger partial charge >= 0.3 is 0 Å². The normalized spacial score (nSPS) is 11.2. The topological polar surface area (TPSA) is 89.4 Å². The summed E-state index contributed by atoms with van der Waals surface area (Å²) in [6.45, 7) is 0.233. The summed E-state index contributed by atoms with van der Waals surface area (Å²) in [6.07, 6.45) is 0. The summed E-state index contributed by atoms with van der Waals surface area (Å²) in [5, 5.41) is 15.3. The van der Waals surface area contributed by atoms with Crippen molar-refractivity contribution in [3.8, 4) is 11.4 Å². The Bertz CT molecular complexity index is 1050. The Morgan fingerprint density at radius 1 is 1.30 bits per heavy atom. The van der Waals surface area contributed by atoms with E-state index < -0.39 is 0 Å². The number of nitrogens with zero attached hydrogens (tertiary/aromatic N) is 5. The molecule has 0 aliphatic carbocycles. The van der Waals surface area contributed by atoms with Gasteiger partial charge in [-0.15, -0.1) is 21.5 Å². The molecule has 23 heavy (non-hydrogen) atoms. The molecule has 1 N–H and O–H groups in total. The van der Waals surface area contributed by atoms with E-state index in [1.165, 1.54) is 16.1 Å². The van der Waals surface area contributed by atoms with E-state index in [1.807, 2.05) is 17.5 Å². The Labute approximate surface area is 138 Å². The zero-order valence-corrected chi connectivity index (χ0v) is 13.2. The Kier molecular flexibility index (Phi) is 3.40. The highest BCUT2D eigenvalue weighted by atomic mass is 35.5. The summed E-state index contributed by atoms with van der Waals surface area (Å²) in [6, 6.07) is 8.97. The van der Waals surface area contributed by atoms with Gasteiger partial charge in [0.05, 0.1) is 5.39 Å². The summed E-state index contributed by atoms with van der Waals surface area (Å²) in [5.41, 5.74) is 0.611. The van der Waals surface area contributed by atoms with Crippen LogP contribution in [-0.2, 0) is 6.54 Å². The number of aromatic nitrogens is 6. The van der Waals surface area contributed by atoms with Gasteiger partial charge in [-0.2, -0.15) is 4.80 Å². The molecule has 114 valence electrons. The number of benzene rings is 1. The van der Waals surface area contributed by atoms with Crippen LogP contribution in [0.15, 0.2) is 40.5 Å². The Balaban J connectivity index is 1.65. The molecule has 4 rings (SSSR count). The van der Waals surface area contributed by atoms with E-state index in [2.05, 4.69) is 25.4 Å². The highest BCUT2D eigenvalue weighted by Gasteiger charge is 2.09. The smallest absolute Gasteiger partial charge is 0.259 e. The predicted molar refractivity (Wildman–Crippen MR) is 87.6 cm³/mol. The van der Waals surface area contributed by atoms with Crippen LogP contribution >= 0.6 is 22.9 Å². The van der Waals surface area contributed by atoms with Crippen molar-refractivity contribution in [1.29, 1.82) is 0 Å². The van der Waals surface area contributed by atoms with E-state index in [1.54, 1.807) is 18.2 Å². The molecule has 0 spiro atoms. The number of tetrazole rings is 1. The lowest BCUT2D eigenvalue weighted by Gasteiger charge is -1.99. The van der Waals surface area contributed by atoms with Crippen molar-refractivity contribution >= 4 is 33.2 Å². The molecule has 0 bridgehead atoms. The van der Waals surface area contributed by atoms with Gasteiger partial charge < -0.3 is 4.98 Å². The third kappa shape index (κ3) is 2.73. The molecule has 3 heterocycles. The van der Waals surface area contributed by atoms with Crippen molar-refractivity contribution < 1.29 is 0 Å². The van der Waals surface area contributed by atoms with Gasteiger partial charge in [-0.3, -0.25) is 4.79 Å². The summed E-state index contributed by atoms with van der Waals surface area (Å²) in [4.78, 5) is 21.2. The molecule has 0 saturated carbocycles. The van der Waals surface area contributed by atoms with Gasteiger partial charge in [0.15, 0.2) is 0 Å². The van der Waals surface area contributed by atoms with Crippen molar-refractivity contribution in [3.63, 3.8) is 0 Å². The second-order valence-electron chi connectivity index (χ2n) is 4.81. The molecule has 4 aromatic rings. The quantitative estimate of drug-likeness (QED) is 0.616. The highest BCUT2D eigenvalue weighted by molar-refractivity contribution is 7.16. The van der Waals surface area contributed by atoms with Crippen LogP contribution in [0.1, 0.15) is 5.82 Å². The van der Waals surface area contributed by atoms with Crippen LogP contribution in [-0.4, -0.2) is 30.2 Å². The minimum atomic E-state index is -0.165. The molecular formula is C14H9ClN6OS. The number of hydrogen-bond acceptors (Lipinski definition) is 6. The van der Waals surface area contributed by atoms with Crippen molar-refractivity contribution in [2.45, 2.75) is 6.54 Å². The van der Waals surface area contributed by atoms with Crippen LogP contribution < -0.4 is 5.56 Å². The predicted octanol–water partition coefficient (Wildman–Crippen LogP) is 2.34. The Hall–Kier alpha value is -2.58. The molecule has 9 heteroatoms. The van der Waals surface area contributed by atoms with Crippen molar-refractivity contribution in [3.05, 3.63) is 56.9 Å². The number of aromatic amines is 1. The first-order valence-corrected chi connectivity index (χ1v) is 7.95. The Morgan fingerprint density at radius 2 is 2.22 bits per heavy atom. The summed E-state index contributed by atoms with van der Waals surface area (Å²) < 4.78 is 0. The maximum Gasteiger partial charge on any atom is 0.259 e. The van der Waals surface area contributed by atoms with Crippen molar-refractivity contribution in [2.24, 2.45) is 0 Å². The molecule has 7 nitrogen and oxygen atoms in total. The average Bonchev–Trinajstić information content (AvgIpc) is 3.16. The second kappa shape index (κ2) is 5.56. The van der Waals surface area contributed by atoms with Gasteiger partial charge in [0.1, 0.15) is 17.2 Å². The lowest BCUT2D eigenvalue weighted by molar-refractivity contribution is 0.555. The fraction of sp³-hybridized carbons (Fsp3) is 0.0714. The number of nitrogens with one attached hydrogen (secondary N) is 1. The summed E-state index contributed by atoms with van der Waals surface area (Å²) in [7, 11) is 0. The zero-order valence-electron chi connectivity index (χ0n) is 11.6. The van der Waals surface area contributed by atoms with E-state index in [0.29, 0.717) is 26.9 Å². The zero-order chi connectivity index (χ0) is 15.8. The molecule has 3 aromatic heterocycles. The number of halogens is 1. The number of fused-ring (bicyclic) bond motifs is 1. The van der Waals surface area contributed by atoms with Crippen LogP contribution in [0.25, 0.3) is 21.6 Å². The molecule has 0 fully saturated rings. The lowest BCUT2D eigenvalue weighted by Crippen LogP contribution is -2.14. The number of H-pyrrole nitrogens is 1. The van der Waals surface area contributed by atoms with Crippen molar-refractivity contribution in [1.82, 2.24) is 30.2 Å². The van der Waals surface area contributed by atoms with Gasteiger partial charge in [0, 0.05) is 10.6 Å². The number of thiophene rings is 1. The first-order chi connectivity index (χ1) is 11.2. The van der Waals surface area contributed by atoms with E-state index in [4.69, 9.17) is 11.6 Å². The van der Waals surface area contributed by atoms with Crippen LogP contribution in [0.4, 0.5) is 0 Å². The maximum absolute atomic E-state index is 11.9. The van der Waals surface area contributed by atoms with Crippen LogP contribution in [0.5, 0.6) is 0 Å². The molecule has 1 aromatic carbocycles. The minimum absolute atomic E-state index is 0.165. The molecule has 0 radical (unpaired) electrons. The molecule has 0 amide bonds. The summed E-state index contributed by atoms with van der Waals surface area (Å²) >= 11 is 7.38. The standard InChI is InChI=1S/C14H9ClN6OS/c15-9-3-1-2-8(6-9)12-18-20-21(19-12)7-11-16-13(22)10-4-5-23-14(10)17-11/h1-6H,7H2,(H,16,17,22).